The van der Waals surface area contributed by atoms with Crippen LogP contribution in [0.1, 0.15) is 32.3 Å². The van der Waals surface area contributed by atoms with Crippen LogP contribution in [0.25, 0.3) is 0 Å². The topological polar surface area (TPSA) is 86.8 Å². The third kappa shape index (κ3) is 7.77. The Morgan fingerprint density at radius 3 is 2.38 bits per heavy atom. The van der Waals surface area contributed by atoms with Crippen LogP contribution >= 0.6 is 34.8 Å². The Morgan fingerprint density at radius 2 is 1.76 bits per heavy atom. The van der Waals surface area contributed by atoms with Crippen molar-refractivity contribution in [2.24, 2.45) is 0 Å². The van der Waals surface area contributed by atoms with Crippen LogP contribution in [-0.2, 0) is 26.2 Å². The van der Waals surface area contributed by atoms with Crippen molar-refractivity contribution in [3.8, 4) is 0 Å². The third-order valence-electron chi connectivity index (χ3n) is 5.12. The molecule has 0 aliphatic carbocycles. The van der Waals surface area contributed by atoms with E-state index < -0.39 is 28.5 Å². The lowest BCUT2D eigenvalue weighted by molar-refractivity contribution is -0.139. The molecule has 2 aromatic carbocycles. The van der Waals surface area contributed by atoms with Crippen molar-refractivity contribution in [1.29, 1.82) is 0 Å². The lowest BCUT2D eigenvalue weighted by Gasteiger charge is -2.31. The largest absolute Gasteiger partial charge is 0.354 e. The van der Waals surface area contributed by atoms with E-state index >= 15 is 0 Å². The van der Waals surface area contributed by atoms with Crippen LogP contribution in [0, 0.1) is 0 Å². The van der Waals surface area contributed by atoms with Gasteiger partial charge in [-0.15, -0.1) is 0 Å². The van der Waals surface area contributed by atoms with E-state index in [0.29, 0.717) is 17.1 Å². The first-order valence-electron chi connectivity index (χ1n) is 10.7. The molecular formula is C23H28Cl3N3O4S. The maximum Gasteiger partial charge on any atom is 0.244 e. The van der Waals surface area contributed by atoms with Gasteiger partial charge in [0, 0.05) is 18.1 Å². The molecule has 2 aromatic rings. The van der Waals surface area contributed by atoms with E-state index in [0.717, 1.165) is 23.4 Å². The summed E-state index contributed by atoms with van der Waals surface area (Å²) in [4.78, 5) is 27.6. The van der Waals surface area contributed by atoms with E-state index in [-0.39, 0.29) is 28.2 Å². The van der Waals surface area contributed by atoms with Crippen LogP contribution in [0.2, 0.25) is 15.1 Å². The highest BCUT2D eigenvalue weighted by Crippen LogP contribution is 2.33. The molecule has 0 heterocycles. The van der Waals surface area contributed by atoms with Crippen molar-refractivity contribution in [2.75, 3.05) is 23.7 Å². The van der Waals surface area contributed by atoms with E-state index in [1.165, 1.54) is 17.0 Å². The lowest BCUT2D eigenvalue weighted by Crippen LogP contribution is -2.51. The summed E-state index contributed by atoms with van der Waals surface area (Å²) >= 11 is 18.4. The summed E-state index contributed by atoms with van der Waals surface area (Å²) in [6, 6.07) is 10.6. The first kappa shape index (κ1) is 28.2. The molecule has 186 valence electrons. The molecule has 0 aromatic heterocycles. The average Bonchev–Trinajstić information content (AvgIpc) is 2.76. The minimum Gasteiger partial charge on any atom is -0.354 e. The van der Waals surface area contributed by atoms with Crippen LogP contribution in [0.15, 0.2) is 42.5 Å². The molecule has 0 saturated heterocycles. The third-order valence-corrected chi connectivity index (χ3v) is 7.29. The molecule has 0 bridgehead atoms. The summed E-state index contributed by atoms with van der Waals surface area (Å²) in [5.41, 5.74) is 0.772. The number of unbranched alkanes of at least 4 members (excludes halogenated alkanes) is 1. The molecule has 1 atom stereocenters. The fourth-order valence-corrected chi connectivity index (χ4v) is 4.75. The molecule has 11 heteroatoms. The Balaban J connectivity index is 2.39. The van der Waals surface area contributed by atoms with E-state index in [4.69, 9.17) is 34.8 Å². The fourth-order valence-electron chi connectivity index (χ4n) is 3.23. The second-order valence-corrected chi connectivity index (χ2v) is 10.9. The average molecular weight is 549 g/mol. The van der Waals surface area contributed by atoms with Gasteiger partial charge in [-0.05, 0) is 43.2 Å². The van der Waals surface area contributed by atoms with E-state index in [1.54, 1.807) is 37.3 Å². The minimum absolute atomic E-state index is 0.00846. The number of halogens is 3. The standard InChI is InChI=1S/C23H28Cl3N3O4S/c1-4-5-12-27-23(31)16(2)28(14-17-8-6-9-18(24)13-17)21(30)15-29(34(3,32)33)20-11-7-10-19(25)22(20)26/h6-11,13,16H,4-5,12,14-15H2,1-3H3,(H,27,31). The van der Waals surface area contributed by atoms with Gasteiger partial charge in [0.1, 0.15) is 12.6 Å². The molecule has 1 unspecified atom stereocenters. The van der Waals surface area contributed by atoms with Gasteiger partial charge in [-0.25, -0.2) is 8.42 Å². The summed E-state index contributed by atoms with van der Waals surface area (Å²) < 4.78 is 26.1. The van der Waals surface area contributed by atoms with Crippen LogP contribution in [-0.4, -0.2) is 50.5 Å². The Kier molecular flexibility index (Phi) is 10.5. The summed E-state index contributed by atoms with van der Waals surface area (Å²) in [5.74, 6) is -0.921. The number of benzene rings is 2. The number of rotatable bonds is 11. The number of anilines is 1. The molecule has 34 heavy (non-hydrogen) atoms. The first-order chi connectivity index (χ1) is 16.0. The normalized spacial score (nSPS) is 12.2. The maximum absolute atomic E-state index is 13.5. The molecule has 1 N–H and O–H groups in total. The Labute approximate surface area is 216 Å². The van der Waals surface area contributed by atoms with Crippen LogP contribution in [0.5, 0.6) is 0 Å². The summed E-state index contributed by atoms with van der Waals surface area (Å²) in [5, 5.41) is 3.46. The van der Waals surface area contributed by atoms with Gasteiger partial charge in [0.25, 0.3) is 0 Å². The highest BCUT2D eigenvalue weighted by atomic mass is 35.5. The number of carbonyl (C=O) groups excluding carboxylic acids is 2. The first-order valence-corrected chi connectivity index (χ1v) is 13.7. The number of amides is 2. The summed E-state index contributed by atoms with van der Waals surface area (Å²) in [7, 11) is -3.91. The molecule has 0 radical (unpaired) electrons. The fraction of sp³-hybridized carbons (Fsp3) is 0.391. The van der Waals surface area contributed by atoms with E-state index in [9.17, 15) is 18.0 Å². The number of carbonyl (C=O) groups is 2. The Bertz CT molecular complexity index is 1130. The molecule has 0 aliphatic heterocycles. The van der Waals surface area contributed by atoms with Crippen LogP contribution in [0.4, 0.5) is 5.69 Å². The van der Waals surface area contributed by atoms with Gasteiger partial charge in [0.2, 0.25) is 21.8 Å². The van der Waals surface area contributed by atoms with E-state index in [2.05, 4.69) is 5.32 Å². The van der Waals surface area contributed by atoms with E-state index in [1.807, 2.05) is 6.92 Å². The smallest absolute Gasteiger partial charge is 0.244 e. The molecule has 0 aliphatic rings. The second-order valence-electron chi connectivity index (χ2n) is 7.81. The predicted octanol–water partition coefficient (Wildman–Crippen LogP) is 4.75. The number of nitrogens with one attached hydrogen (secondary N) is 1. The monoisotopic (exact) mass is 547 g/mol. The van der Waals surface area contributed by atoms with Crippen molar-refractivity contribution >= 4 is 62.3 Å². The van der Waals surface area contributed by atoms with Crippen molar-refractivity contribution in [2.45, 2.75) is 39.3 Å². The lowest BCUT2D eigenvalue weighted by atomic mass is 10.1. The molecule has 0 spiro atoms. The molecule has 0 fully saturated rings. The van der Waals surface area contributed by atoms with Gasteiger partial charge in [-0.2, -0.15) is 0 Å². The molecular weight excluding hydrogens is 521 g/mol. The number of hydrogen-bond acceptors (Lipinski definition) is 4. The SMILES string of the molecule is CCCCNC(=O)C(C)N(Cc1cccc(Cl)c1)C(=O)CN(c1cccc(Cl)c1Cl)S(C)(=O)=O. The van der Waals surface area contributed by atoms with Gasteiger partial charge < -0.3 is 10.2 Å². The highest BCUT2D eigenvalue weighted by Gasteiger charge is 2.31. The Morgan fingerprint density at radius 1 is 1.09 bits per heavy atom. The number of hydrogen-bond donors (Lipinski definition) is 1. The maximum atomic E-state index is 13.5. The van der Waals surface area contributed by atoms with Gasteiger partial charge in [-0.3, -0.25) is 13.9 Å². The second kappa shape index (κ2) is 12.6. The number of nitrogens with zero attached hydrogens (tertiary/aromatic N) is 2. The molecule has 7 nitrogen and oxygen atoms in total. The van der Waals surface area contributed by atoms with Gasteiger partial charge in [0.15, 0.2) is 0 Å². The zero-order valence-corrected chi connectivity index (χ0v) is 22.3. The molecule has 0 saturated carbocycles. The van der Waals surface area contributed by atoms with Gasteiger partial charge in [0.05, 0.1) is 22.0 Å². The summed E-state index contributed by atoms with van der Waals surface area (Å²) in [6.07, 6.45) is 2.68. The highest BCUT2D eigenvalue weighted by molar-refractivity contribution is 7.92. The zero-order valence-electron chi connectivity index (χ0n) is 19.2. The van der Waals surface area contributed by atoms with Crippen molar-refractivity contribution in [3.63, 3.8) is 0 Å². The van der Waals surface area contributed by atoms with Gasteiger partial charge in [-0.1, -0.05) is 66.3 Å². The zero-order chi connectivity index (χ0) is 25.5. The summed E-state index contributed by atoms with van der Waals surface area (Å²) in [6.45, 7) is 3.58. The predicted molar refractivity (Wildman–Crippen MR) is 138 cm³/mol. The van der Waals surface area contributed by atoms with Crippen LogP contribution in [0.3, 0.4) is 0 Å². The van der Waals surface area contributed by atoms with Crippen molar-refractivity contribution < 1.29 is 18.0 Å². The van der Waals surface area contributed by atoms with Crippen LogP contribution < -0.4 is 9.62 Å². The molecule has 2 rings (SSSR count). The number of sulfonamides is 1. The minimum atomic E-state index is -3.91. The van der Waals surface area contributed by atoms with Gasteiger partial charge >= 0.3 is 0 Å². The molecule has 2 amide bonds. The Hall–Kier alpha value is -2.00. The van der Waals surface area contributed by atoms with Crippen molar-refractivity contribution in [1.82, 2.24) is 10.2 Å². The quantitative estimate of drug-likeness (QED) is 0.411. The van der Waals surface area contributed by atoms with Crippen molar-refractivity contribution in [3.05, 3.63) is 63.1 Å².